The van der Waals surface area contributed by atoms with Crippen molar-refractivity contribution in [1.82, 2.24) is 0 Å². The minimum atomic E-state index is -3.94. The van der Waals surface area contributed by atoms with Crippen LogP contribution in [0.15, 0.2) is 71.6 Å². The fraction of sp³-hybridized carbons (Fsp3) is 0.0909. The summed E-state index contributed by atoms with van der Waals surface area (Å²) in [5, 5.41) is 0. The van der Waals surface area contributed by atoms with E-state index in [2.05, 4.69) is 4.72 Å². The van der Waals surface area contributed by atoms with Crippen LogP contribution in [-0.4, -0.2) is 34.1 Å². The van der Waals surface area contributed by atoms with Crippen molar-refractivity contribution in [3.63, 3.8) is 0 Å². The van der Waals surface area contributed by atoms with E-state index in [1.54, 1.807) is 42.5 Å². The molecule has 0 unspecified atom stereocenters. The van der Waals surface area contributed by atoms with Gasteiger partial charge >= 0.3 is 0 Å². The van der Waals surface area contributed by atoms with Gasteiger partial charge in [0.15, 0.2) is 11.6 Å². The standard InChI is InChI=1S/C22H18N2O4S/c1-24(2)15-7-5-6-14(12-15)23-29(27,28)16-10-11-19-20(13-16)22(26)18-9-4-3-8-17(18)21(19)25/h3-13,23H,1-2H3. The van der Waals surface area contributed by atoms with Crippen LogP contribution in [0, 0.1) is 0 Å². The maximum atomic E-state index is 12.9. The Bertz CT molecular complexity index is 1260. The van der Waals surface area contributed by atoms with Crippen LogP contribution in [0.5, 0.6) is 0 Å². The fourth-order valence-electron chi connectivity index (χ4n) is 3.31. The summed E-state index contributed by atoms with van der Waals surface area (Å²) in [6, 6.07) is 17.5. The predicted molar refractivity (Wildman–Crippen MR) is 111 cm³/mol. The number of ketones is 2. The van der Waals surface area contributed by atoms with Gasteiger partial charge in [0.25, 0.3) is 10.0 Å². The van der Waals surface area contributed by atoms with Gasteiger partial charge in [0.2, 0.25) is 0 Å². The molecule has 0 atom stereocenters. The Kier molecular flexibility index (Phi) is 4.47. The summed E-state index contributed by atoms with van der Waals surface area (Å²) >= 11 is 0. The number of rotatable bonds is 4. The molecule has 1 N–H and O–H groups in total. The predicted octanol–water partition coefficient (Wildman–Crippen LogP) is 3.33. The second-order valence-corrected chi connectivity index (χ2v) is 8.64. The van der Waals surface area contributed by atoms with Crippen molar-refractivity contribution < 1.29 is 18.0 Å². The molecule has 3 aromatic rings. The molecular weight excluding hydrogens is 388 g/mol. The molecule has 1 aliphatic rings. The first kappa shape index (κ1) is 18.9. The number of anilines is 2. The van der Waals surface area contributed by atoms with Crippen LogP contribution in [0.2, 0.25) is 0 Å². The summed E-state index contributed by atoms with van der Waals surface area (Å²) < 4.78 is 28.3. The van der Waals surface area contributed by atoms with Gasteiger partial charge < -0.3 is 4.90 Å². The van der Waals surface area contributed by atoms with Crippen LogP contribution in [-0.2, 0) is 10.0 Å². The summed E-state index contributed by atoms with van der Waals surface area (Å²) in [7, 11) is -0.222. The average molecular weight is 406 g/mol. The van der Waals surface area contributed by atoms with Gasteiger partial charge in [-0.2, -0.15) is 0 Å². The second-order valence-electron chi connectivity index (χ2n) is 6.96. The van der Waals surface area contributed by atoms with Gasteiger partial charge in [-0.25, -0.2) is 8.42 Å². The van der Waals surface area contributed by atoms with Crippen molar-refractivity contribution in [2.45, 2.75) is 4.90 Å². The second kappa shape index (κ2) is 6.86. The molecular formula is C22H18N2O4S. The highest BCUT2D eigenvalue weighted by atomic mass is 32.2. The van der Waals surface area contributed by atoms with E-state index in [1.165, 1.54) is 18.2 Å². The summed E-state index contributed by atoms with van der Waals surface area (Å²) in [5.74, 6) is -0.646. The van der Waals surface area contributed by atoms with Gasteiger partial charge in [-0.1, -0.05) is 30.3 Å². The zero-order chi connectivity index (χ0) is 20.8. The first-order valence-electron chi connectivity index (χ1n) is 8.90. The van der Waals surface area contributed by atoms with Crippen molar-refractivity contribution in [2.75, 3.05) is 23.7 Å². The number of nitrogens with one attached hydrogen (secondary N) is 1. The Balaban J connectivity index is 1.73. The number of benzene rings is 3. The molecule has 29 heavy (non-hydrogen) atoms. The number of nitrogens with zero attached hydrogens (tertiary/aromatic N) is 1. The third-order valence-corrected chi connectivity index (χ3v) is 6.20. The normalized spacial score (nSPS) is 12.9. The van der Waals surface area contributed by atoms with Crippen LogP contribution in [0.3, 0.4) is 0 Å². The highest BCUT2D eigenvalue weighted by molar-refractivity contribution is 7.92. The van der Waals surface area contributed by atoms with E-state index >= 15 is 0 Å². The third-order valence-electron chi connectivity index (χ3n) is 4.82. The lowest BCUT2D eigenvalue weighted by atomic mass is 9.84. The summed E-state index contributed by atoms with van der Waals surface area (Å²) in [6.07, 6.45) is 0. The van der Waals surface area contributed by atoms with Crippen LogP contribution < -0.4 is 9.62 Å². The monoisotopic (exact) mass is 406 g/mol. The molecule has 7 heteroatoms. The number of sulfonamides is 1. The highest BCUT2D eigenvalue weighted by Crippen LogP contribution is 2.29. The van der Waals surface area contributed by atoms with E-state index in [4.69, 9.17) is 0 Å². The number of fused-ring (bicyclic) bond motifs is 2. The average Bonchev–Trinajstić information content (AvgIpc) is 2.71. The zero-order valence-electron chi connectivity index (χ0n) is 15.8. The van der Waals surface area contributed by atoms with Gasteiger partial charge in [-0.15, -0.1) is 0 Å². The van der Waals surface area contributed by atoms with Gasteiger partial charge in [0.1, 0.15) is 0 Å². The topological polar surface area (TPSA) is 83.6 Å². The maximum absolute atomic E-state index is 12.9. The van der Waals surface area contributed by atoms with Crippen LogP contribution in [0.1, 0.15) is 31.8 Å². The molecule has 0 saturated heterocycles. The number of carbonyl (C=O) groups is 2. The lowest BCUT2D eigenvalue weighted by Crippen LogP contribution is -2.22. The Morgan fingerprint density at radius 1 is 0.724 bits per heavy atom. The summed E-state index contributed by atoms with van der Waals surface area (Å²) in [5.41, 5.74) is 2.17. The first-order valence-corrected chi connectivity index (χ1v) is 10.4. The molecule has 3 aromatic carbocycles. The molecule has 0 amide bonds. The van der Waals surface area contributed by atoms with Crippen LogP contribution >= 0.6 is 0 Å². The van der Waals surface area contributed by atoms with Crippen molar-refractivity contribution in [2.24, 2.45) is 0 Å². The van der Waals surface area contributed by atoms with Gasteiger partial charge in [0, 0.05) is 42.0 Å². The molecule has 0 fully saturated rings. The SMILES string of the molecule is CN(C)c1cccc(NS(=O)(=O)c2ccc3c(c2)C(=O)c2ccccc2C3=O)c1. The summed E-state index contributed by atoms with van der Waals surface area (Å²) in [4.78, 5) is 27.3. The quantitative estimate of drug-likeness (QED) is 0.562. The van der Waals surface area contributed by atoms with Crippen molar-refractivity contribution >= 4 is 33.0 Å². The Hall–Kier alpha value is -3.45. The van der Waals surface area contributed by atoms with E-state index in [0.29, 0.717) is 11.3 Å². The molecule has 4 rings (SSSR count). The van der Waals surface area contributed by atoms with E-state index in [-0.39, 0.29) is 33.2 Å². The van der Waals surface area contributed by atoms with E-state index in [9.17, 15) is 18.0 Å². The fourth-order valence-corrected chi connectivity index (χ4v) is 4.38. The molecule has 0 bridgehead atoms. The Morgan fingerprint density at radius 3 is 2.00 bits per heavy atom. The molecule has 6 nitrogen and oxygen atoms in total. The Morgan fingerprint density at radius 2 is 1.34 bits per heavy atom. The van der Waals surface area contributed by atoms with Crippen LogP contribution in [0.25, 0.3) is 0 Å². The molecule has 0 heterocycles. The largest absolute Gasteiger partial charge is 0.378 e. The van der Waals surface area contributed by atoms with Gasteiger partial charge in [0.05, 0.1) is 10.6 Å². The minimum Gasteiger partial charge on any atom is -0.378 e. The molecule has 146 valence electrons. The highest BCUT2D eigenvalue weighted by Gasteiger charge is 2.30. The van der Waals surface area contributed by atoms with Crippen molar-refractivity contribution in [3.05, 3.63) is 89.0 Å². The minimum absolute atomic E-state index is 0.0768. The van der Waals surface area contributed by atoms with Crippen molar-refractivity contribution in [3.8, 4) is 0 Å². The Labute approximate surface area is 168 Å². The summed E-state index contributed by atoms with van der Waals surface area (Å²) in [6.45, 7) is 0. The molecule has 0 spiro atoms. The number of hydrogen-bond donors (Lipinski definition) is 1. The molecule has 1 aliphatic carbocycles. The molecule has 0 saturated carbocycles. The zero-order valence-corrected chi connectivity index (χ0v) is 16.7. The van der Waals surface area contributed by atoms with Crippen LogP contribution in [0.4, 0.5) is 11.4 Å². The lowest BCUT2D eigenvalue weighted by Gasteiger charge is -2.18. The first-order chi connectivity index (χ1) is 13.8. The lowest BCUT2D eigenvalue weighted by molar-refractivity contribution is 0.0979. The van der Waals surface area contributed by atoms with E-state index in [1.807, 2.05) is 25.1 Å². The molecule has 0 aromatic heterocycles. The smallest absolute Gasteiger partial charge is 0.261 e. The molecule has 0 aliphatic heterocycles. The molecule has 0 radical (unpaired) electrons. The van der Waals surface area contributed by atoms with E-state index in [0.717, 1.165) is 5.69 Å². The van der Waals surface area contributed by atoms with E-state index < -0.39 is 10.0 Å². The number of carbonyl (C=O) groups excluding carboxylic acids is 2. The third kappa shape index (κ3) is 3.30. The van der Waals surface area contributed by atoms with Gasteiger partial charge in [-0.3, -0.25) is 14.3 Å². The maximum Gasteiger partial charge on any atom is 0.261 e. The number of hydrogen-bond acceptors (Lipinski definition) is 5. The van der Waals surface area contributed by atoms with Crippen molar-refractivity contribution in [1.29, 1.82) is 0 Å². The van der Waals surface area contributed by atoms with Gasteiger partial charge in [-0.05, 0) is 36.4 Å².